The van der Waals surface area contributed by atoms with Crippen LogP contribution in [0.2, 0.25) is 0 Å². The van der Waals surface area contributed by atoms with Crippen LogP contribution in [0.3, 0.4) is 0 Å². The van der Waals surface area contributed by atoms with Crippen molar-refractivity contribution in [2.75, 3.05) is 6.61 Å². The fourth-order valence-electron chi connectivity index (χ4n) is 2.22. The van der Waals surface area contributed by atoms with Crippen molar-refractivity contribution in [1.82, 2.24) is 0 Å². The predicted molar refractivity (Wildman–Crippen MR) is 73.1 cm³/mol. The van der Waals surface area contributed by atoms with Crippen molar-refractivity contribution in [1.29, 1.82) is 0 Å². The average molecular weight is 242 g/mol. The molecule has 1 aromatic rings. The number of rotatable bonds is 3. The van der Waals surface area contributed by atoms with E-state index in [2.05, 4.69) is 25.1 Å². The molecule has 18 heavy (non-hydrogen) atoms. The van der Waals surface area contributed by atoms with E-state index in [1.54, 1.807) is 0 Å². The molecule has 0 amide bonds. The molecule has 0 heterocycles. The van der Waals surface area contributed by atoms with Gasteiger partial charge in [-0.3, -0.25) is 0 Å². The lowest BCUT2D eigenvalue weighted by Crippen LogP contribution is -2.11. The van der Waals surface area contributed by atoms with Crippen molar-refractivity contribution >= 4 is 11.5 Å². The summed E-state index contributed by atoms with van der Waals surface area (Å²) >= 11 is 0. The minimum absolute atomic E-state index is 0.180. The zero-order valence-electron chi connectivity index (χ0n) is 10.9. The van der Waals surface area contributed by atoms with Crippen molar-refractivity contribution in [2.45, 2.75) is 26.7 Å². The van der Waals surface area contributed by atoms with E-state index in [4.69, 9.17) is 4.74 Å². The van der Waals surface area contributed by atoms with Gasteiger partial charge in [0.2, 0.25) is 0 Å². The molecule has 2 rings (SSSR count). The van der Waals surface area contributed by atoms with E-state index in [1.807, 2.05) is 25.1 Å². The van der Waals surface area contributed by atoms with Gasteiger partial charge in [0.15, 0.2) is 0 Å². The molecule has 0 bridgehead atoms. The number of ether oxygens (including phenoxy) is 1. The number of esters is 1. The SMILES string of the molecule is CCOC(=O)C1=C(c2ccccc2C)C=CCC1. The first kappa shape index (κ1) is 12.6. The highest BCUT2D eigenvalue weighted by atomic mass is 16.5. The fraction of sp³-hybridized carbons (Fsp3) is 0.312. The Labute approximate surface area is 108 Å². The third-order valence-corrected chi connectivity index (χ3v) is 3.13. The van der Waals surface area contributed by atoms with E-state index >= 15 is 0 Å². The Bertz CT molecular complexity index is 510. The molecule has 0 spiro atoms. The Morgan fingerprint density at radius 2 is 2.11 bits per heavy atom. The number of benzene rings is 1. The van der Waals surface area contributed by atoms with E-state index in [1.165, 1.54) is 5.56 Å². The predicted octanol–water partition coefficient (Wildman–Crippen LogP) is 3.66. The summed E-state index contributed by atoms with van der Waals surface area (Å²) in [6, 6.07) is 8.13. The van der Waals surface area contributed by atoms with Crippen LogP contribution in [0.15, 0.2) is 42.0 Å². The topological polar surface area (TPSA) is 26.3 Å². The third kappa shape index (κ3) is 2.53. The Morgan fingerprint density at radius 1 is 1.33 bits per heavy atom. The Hall–Kier alpha value is -1.83. The van der Waals surface area contributed by atoms with Crippen LogP contribution in [0.1, 0.15) is 30.9 Å². The average Bonchev–Trinajstić information content (AvgIpc) is 2.40. The Balaban J connectivity index is 2.47. The zero-order valence-corrected chi connectivity index (χ0v) is 10.9. The van der Waals surface area contributed by atoms with Gasteiger partial charge in [0.25, 0.3) is 0 Å². The van der Waals surface area contributed by atoms with Gasteiger partial charge in [0.05, 0.1) is 6.61 Å². The van der Waals surface area contributed by atoms with Crippen molar-refractivity contribution in [3.05, 3.63) is 53.1 Å². The normalized spacial score (nSPS) is 14.8. The molecule has 1 aromatic carbocycles. The van der Waals surface area contributed by atoms with E-state index in [0.717, 1.165) is 29.6 Å². The molecule has 0 fully saturated rings. The van der Waals surface area contributed by atoms with Gasteiger partial charge in [-0.25, -0.2) is 4.79 Å². The molecule has 1 aliphatic carbocycles. The van der Waals surface area contributed by atoms with Gasteiger partial charge in [-0.1, -0.05) is 36.4 Å². The van der Waals surface area contributed by atoms with Crippen LogP contribution >= 0.6 is 0 Å². The molecule has 0 unspecified atom stereocenters. The lowest BCUT2D eigenvalue weighted by atomic mass is 9.90. The maximum absolute atomic E-state index is 12.0. The molecule has 94 valence electrons. The van der Waals surface area contributed by atoms with Crippen molar-refractivity contribution in [3.63, 3.8) is 0 Å². The summed E-state index contributed by atoms with van der Waals surface area (Å²) in [4.78, 5) is 12.0. The van der Waals surface area contributed by atoms with Crippen LogP contribution < -0.4 is 0 Å². The standard InChI is InChI=1S/C16H18O2/c1-3-18-16(17)15-11-7-6-10-14(15)13-9-5-4-8-12(13)2/h4-6,8-10H,3,7,11H2,1-2H3. The van der Waals surface area contributed by atoms with Crippen molar-refractivity contribution in [3.8, 4) is 0 Å². The van der Waals surface area contributed by atoms with Crippen LogP contribution in [0.4, 0.5) is 0 Å². The second-order valence-electron chi connectivity index (χ2n) is 4.37. The quantitative estimate of drug-likeness (QED) is 0.756. The van der Waals surface area contributed by atoms with Gasteiger partial charge in [-0.2, -0.15) is 0 Å². The highest BCUT2D eigenvalue weighted by molar-refractivity contribution is 6.01. The molecule has 1 aliphatic rings. The molecule has 0 aliphatic heterocycles. The molecular formula is C16H18O2. The fourth-order valence-corrected chi connectivity index (χ4v) is 2.22. The smallest absolute Gasteiger partial charge is 0.334 e. The van der Waals surface area contributed by atoms with Gasteiger partial charge in [0, 0.05) is 5.57 Å². The highest BCUT2D eigenvalue weighted by Crippen LogP contribution is 2.30. The van der Waals surface area contributed by atoms with E-state index in [9.17, 15) is 4.79 Å². The second-order valence-corrected chi connectivity index (χ2v) is 4.37. The van der Waals surface area contributed by atoms with Crippen LogP contribution in [0.5, 0.6) is 0 Å². The number of allylic oxidation sites excluding steroid dienone is 3. The first-order valence-electron chi connectivity index (χ1n) is 6.37. The van der Waals surface area contributed by atoms with Gasteiger partial charge in [-0.05, 0) is 43.4 Å². The summed E-state index contributed by atoms with van der Waals surface area (Å²) in [5.74, 6) is -0.180. The monoisotopic (exact) mass is 242 g/mol. The minimum atomic E-state index is -0.180. The molecule has 0 aromatic heterocycles. The summed E-state index contributed by atoms with van der Waals surface area (Å²) in [6.07, 6.45) is 5.82. The largest absolute Gasteiger partial charge is 0.463 e. The minimum Gasteiger partial charge on any atom is -0.463 e. The summed E-state index contributed by atoms with van der Waals surface area (Å²) < 4.78 is 5.14. The lowest BCUT2D eigenvalue weighted by Gasteiger charge is -2.16. The first-order valence-corrected chi connectivity index (χ1v) is 6.37. The number of hydrogen-bond donors (Lipinski definition) is 0. The maximum Gasteiger partial charge on any atom is 0.334 e. The van der Waals surface area contributed by atoms with E-state index in [0.29, 0.717) is 6.61 Å². The van der Waals surface area contributed by atoms with Crippen molar-refractivity contribution in [2.24, 2.45) is 0 Å². The van der Waals surface area contributed by atoms with Crippen molar-refractivity contribution < 1.29 is 9.53 Å². The number of aryl methyl sites for hydroxylation is 1. The summed E-state index contributed by atoms with van der Waals surface area (Å²) in [7, 11) is 0. The molecule has 2 nitrogen and oxygen atoms in total. The molecule has 2 heteroatoms. The van der Waals surface area contributed by atoms with Gasteiger partial charge < -0.3 is 4.74 Å². The van der Waals surface area contributed by atoms with Gasteiger partial charge in [0.1, 0.15) is 0 Å². The van der Waals surface area contributed by atoms with Crippen LogP contribution in [0, 0.1) is 6.92 Å². The number of carbonyl (C=O) groups is 1. The highest BCUT2D eigenvalue weighted by Gasteiger charge is 2.19. The second kappa shape index (κ2) is 5.67. The van der Waals surface area contributed by atoms with Gasteiger partial charge in [-0.15, -0.1) is 0 Å². The molecule has 0 saturated carbocycles. The molecule has 0 N–H and O–H groups in total. The third-order valence-electron chi connectivity index (χ3n) is 3.13. The lowest BCUT2D eigenvalue weighted by molar-refractivity contribution is -0.138. The summed E-state index contributed by atoms with van der Waals surface area (Å²) in [5.41, 5.74) is 4.11. The Kier molecular flexibility index (Phi) is 3.98. The van der Waals surface area contributed by atoms with E-state index in [-0.39, 0.29) is 5.97 Å². The molecule has 0 atom stereocenters. The van der Waals surface area contributed by atoms with E-state index < -0.39 is 0 Å². The maximum atomic E-state index is 12.0. The summed E-state index contributed by atoms with van der Waals surface area (Å²) in [5, 5.41) is 0. The number of hydrogen-bond acceptors (Lipinski definition) is 2. The first-order chi connectivity index (χ1) is 8.74. The summed E-state index contributed by atoms with van der Waals surface area (Å²) in [6.45, 7) is 4.32. The Morgan fingerprint density at radius 3 is 2.83 bits per heavy atom. The zero-order chi connectivity index (χ0) is 13.0. The van der Waals surface area contributed by atoms with Crippen LogP contribution in [-0.2, 0) is 9.53 Å². The molecular weight excluding hydrogens is 224 g/mol. The molecule has 0 radical (unpaired) electrons. The van der Waals surface area contributed by atoms with Gasteiger partial charge >= 0.3 is 5.97 Å². The molecule has 0 saturated heterocycles. The number of carbonyl (C=O) groups excluding carboxylic acids is 1. The van der Waals surface area contributed by atoms with Crippen LogP contribution in [-0.4, -0.2) is 12.6 Å². The van der Waals surface area contributed by atoms with Crippen LogP contribution in [0.25, 0.3) is 5.57 Å².